The molecule has 0 heterocycles. The second kappa shape index (κ2) is 5.94. The van der Waals surface area contributed by atoms with Gasteiger partial charge in [0.25, 0.3) is 0 Å². The van der Waals surface area contributed by atoms with Crippen molar-refractivity contribution in [3.8, 4) is 0 Å². The van der Waals surface area contributed by atoms with Crippen molar-refractivity contribution in [2.45, 2.75) is 32.9 Å². The Morgan fingerprint density at radius 3 is 2.46 bits per heavy atom. The van der Waals surface area contributed by atoms with Crippen LogP contribution in [-0.2, 0) is 4.79 Å². The molecule has 1 amide bonds. The number of hydrogen-bond donors (Lipinski definition) is 2. The Labute approximate surface area is 79.9 Å². The quantitative estimate of drug-likeness (QED) is 0.629. The summed E-state index contributed by atoms with van der Waals surface area (Å²) >= 11 is 0. The van der Waals surface area contributed by atoms with Crippen LogP contribution in [0.5, 0.6) is 0 Å². The Morgan fingerprint density at radius 2 is 2.08 bits per heavy atom. The Hall–Kier alpha value is -0.610. The molecular weight excluding hydrogens is 168 g/mol. The highest BCUT2D eigenvalue weighted by Gasteiger charge is 2.15. The fourth-order valence-corrected chi connectivity index (χ4v) is 0.921. The zero-order valence-electron chi connectivity index (χ0n) is 8.87. The molecule has 0 aromatic carbocycles. The number of carbonyl (C=O) groups excluding carboxylic acids is 1. The molecule has 1 unspecified atom stereocenters. The number of amides is 1. The number of carbonyl (C=O) groups is 1. The van der Waals surface area contributed by atoms with Gasteiger partial charge in [0.1, 0.15) is 0 Å². The van der Waals surface area contributed by atoms with Crippen LogP contribution in [-0.4, -0.2) is 48.2 Å². The molecule has 0 bridgehead atoms. The SMILES string of the molecule is CCN(C)C(=O)C(C)NC[C@@H](C)O. The summed E-state index contributed by atoms with van der Waals surface area (Å²) in [5.74, 6) is 0.0585. The van der Waals surface area contributed by atoms with Crippen molar-refractivity contribution in [3.05, 3.63) is 0 Å². The van der Waals surface area contributed by atoms with E-state index in [2.05, 4.69) is 5.32 Å². The lowest BCUT2D eigenvalue weighted by Gasteiger charge is -2.21. The largest absolute Gasteiger partial charge is 0.392 e. The molecule has 0 saturated carbocycles. The molecule has 0 aliphatic heterocycles. The van der Waals surface area contributed by atoms with E-state index < -0.39 is 6.10 Å². The molecule has 0 saturated heterocycles. The van der Waals surface area contributed by atoms with Gasteiger partial charge in [-0.1, -0.05) is 0 Å². The summed E-state index contributed by atoms with van der Waals surface area (Å²) in [6, 6.07) is -0.223. The molecule has 0 aliphatic carbocycles. The van der Waals surface area contributed by atoms with E-state index in [0.717, 1.165) is 0 Å². The first-order valence-electron chi connectivity index (χ1n) is 4.65. The van der Waals surface area contributed by atoms with Gasteiger partial charge in [-0.2, -0.15) is 0 Å². The lowest BCUT2D eigenvalue weighted by Crippen LogP contribution is -2.45. The maximum atomic E-state index is 11.5. The highest BCUT2D eigenvalue weighted by Crippen LogP contribution is 1.91. The van der Waals surface area contributed by atoms with Crippen LogP contribution in [0.15, 0.2) is 0 Å². The number of aliphatic hydroxyl groups is 1. The molecule has 13 heavy (non-hydrogen) atoms. The smallest absolute Gasteiger partial charge is 0.239 e. The maximum absolute atomic E-state index is 11.5. The van der Waals surface area contributed by atoms with Crippen LogP contribution in [0.25, 0.3) is 0 Å². The lowest BCUT2D eigenvalue weighted by atomic mass is 10.2. The van der Waals surface area contributed by atoms with Crippen LogP contribution in [0, 0.1) is 0 Å². The minimum absolute atomic E-state index is 0.0585. The second-order valence-electron chi connectivity index (χ2n) is 3.33. The summed E-state index contributed by atoms with van der Waals surface area (Å²) in [5.41, 5.74) is 0. The fourth-order valence-electron chi connectivity index (χ4n) is 0.921. The van der Waals surface area contributed by atoms with Gasteiger partial charge in [0.2, 0.25) is 5.91 Å². The molecule has 78 valence electrons. The zero-order valence-corrected chi connectivity index (χ0v) is 8.87. The summed E-state index contributed by atoms with van der Waals surface area (Å²) < 4.78 is 0. The number of aliphatic hydroxyl groups excluding tert-OH is 1. The third kappa shape index (κ3) is 4.85. The molecule has 0 aromatic rings. The van der Waals surface area contributed by atoms with E-state index in [4.69, 9.17) is 5.11 Å². The van der Waals surface area contributed by atoms with Gasteiger partial charge in [-0.15, -0.1) is 0 Å². The molecule has 2 atom stereocenters. The zero-order chi connectivity index (χ0) is 10.4. The minimum Gasteiger partial charge on any atom is -0.392 e. The van der Waals surface area contributed by atoms with Crippen molar-refractivity contribution in [2.24, 2.45) is 0 Å². The summed E-state index contributed by atoms with van der Waals surface area (Å²) in [4.78, 5) is 13.1. The van der Waals surface area contributed by atoms with Crippen molar-refractivity contribution in [1.82, 2.24) is 10.2 Å². The number of hydrogen-bond acceptors (Lipinski definition) is 3. The first-order valence-corrected chi connectivity index (χ1v) is 4.65. The summed E-state index contributed by atoms with van der Waals surface area (Å²) in [7, 11) is 1.77. The molecular formula is C9H20N2O2. The van der Waals surface area contributed by atoms with Crippen LogP contribution in [0.4, 0.5) is 0 Å². The van der Waals surface area contributed by atoms with Crippen molar-refractivity contribution in [2.75, 3.05) is 20.1 Å². The van der Waals surface area contributed by atoms with E-state index in [1.807, 2.05) is 6.92 Å². The molecule has 0 radical (unpaired) electrons. The van der Waals surface area contributed by atoms with Gasteiger partial charge < -0.3 is 15.3 Å². The van der Waals surface area contributed by atoms with Gasteiger partial charge in [-0.25, -0.2) is 0 Å². The molecule has 0 spiro atoms. The van der Waals surface area contributed by atoms with Crippen LogP contribution < -0.4 is 5.32 Å². The lowest BCUT2D eigenvalue weighted by molar-refractivity contribution is -0.131. The Bertz CT molecular complexity index is 160. The average Bonchev–Trinajstić information content (AvgIpc) is 2.11. The maximum Gasteiger partial charge on any atom is 0.239 e. The summed E-state index contributed by atoms with van der Waals surface area (Å²) in [6.07, 6.45) is -0.415. The highest BCUT2D eigenvalue weighted by atomic mass is 16.3. The van der Waals surface area contributed by atoms with Crippen LogP contribution in [0.1, 0.15) is 20.8 Å². The summed E-state index contributed by atoms with van der Waals surface area (Å²) in [6.45, 7) is 6.58. The monoisotopic (exact) mass is 188 g/mol. The van der Waals surface area contributed by atoms with E-state index >= 15 is 0 Å². The minimum atomic E-state index is -0.415. The molecule has 2 N–H and O–H groups in total. The number of nitrogens with zero attached hydrogens (tertiary/aromatic N) is 1. The van der Waals surface area contributed by atoms with Crippen molar-refractivity contribution in [3.63, 3.8) is 0 Å². The van der Waals surface area contributed by atoms with E-state index in [1.54, 1.807) is 25.8 Å². The number of rotatable bonds is 5. The van der Waals surface area contributed by atoms with E-state index in [1.165, 1.54) is 0 Å². The molecule has 4 nitrogen and oxygen atoms in total. The highest BCUT2D eigenvalue weighted by molar-refractivity contribution is 5.81. The molecule has 4 heteroatoms. The topological polar surface area (TPSA) is 52.6 Å². The molecule has 0 fully saturated rings. The summed E-state index contributed by atoms with van der Waals surface area (Å²) in [5, 5.41) is 11.9. The molecule has 0 rings (SSSR count). The van der Waals surface area contributed by atoms with Gasteiger partial charge in [-0.3, -0.25) is 4.79 Å². The van der Waals surface area contributed by atoms with Crippen molar-refractivity contribution >= 4 is 5.91 Å². The van der Waals surface area contributed by atoms with Gasteiger partial charge in [0, 0.05) is 20.1 Å². The number of nitrogens with one attached hydrogen (secondary N) is 1. The first-order chi connectivity index (χ1) is 5.99. The Kier molecular flexibility index (Phi) is 5.66. The fraction of sp³-hybridized carbons (Fsp3) is 0.889. The molecule has 0 aliphatic rings. The van der Waals surface area contributed by atoms with Gasteiger partial charge in [0.15, 0.2) is 0 Å². The van der Waals surface area contributed by atoms with Crippen LogP contribution >= 0.6 is 0 Å². The predicted octanol–water partition coefficient (Wildman–Crippen LogP) is -0.176. The Balaban J connectivity index is 3.82. The van der Waals surface area contributed by atoms with Gasteiger partial charge in [0.05, 0.1) is 12.1 Å². The van der Waals surface area contributed by atoms with Crippen molar-refractivity contribution < 1.29 is 9.90 Å². The van der Waals surface area contributed by atoms with Crippen LogP contribution in [0.2, 0.25) is 0 Å². The van der Waals surface area contributed by atoms with Crippen molar-refractivity contribution in [1.29, 1.82) is 0 Å². The Morgan fingerprint density at radius 1 is 1.54 bits per heavy atom. The van der Waals surface area contributed by atoms with Gasteiger partial charge >= 0.3 is 0 Å². The first kappa shape index (κ1) is 12.4. The van der Waals surface area contributed by atoms with Gasteiger partial charge in [-0.05, 0) is 20.8 Å². The van der Waals surface area contributed by atoms with E-state index in [-0.39, 0.29) is 11.9 Å². The normalized spacial score (nSPS) is 15.2. The standard InChI is InChI=1S/C9H20N2O2/c1-5-11(4)9(13)8(3)10-6-7(2)12/h7-8,10,12H,5-6H2,1-4H3/t7-,8?/m1/s1. The van der Waals surface area contributed by atoms with E-state index in [0.29, 0.717) is 13.1 Å². The third-order valence-corrected chi connectivity index (χ3v) is 1.94. The number of likely N-dealkylation sites (N-methyl/N-ethyl adjacent to an activating group) is 1. The second-order valence-corrected chi connectivity index (χ2v) is 3.33. The van der Waals surface area contributed by atoms with Crippen LogP contribution in [0.3, 0.4) is 0 Å². The predicted molar refractivity (Wildman–Crippen MR) is 52.5 cm³/mol. The third-order valence-electron chi connectivity index (χ3n) is 1.94. The van der Waals surface area contributed by atoms with E-state index in [9.17, 15) is 4.79 Å². The average molecular weight is 188 g/mol. The molecule has 0 aromatic heterocycles.